The second-order valence-corrected chi connectivity index (χ2v) is 10.1. The lowest BCUT2D eigenvalue weighted by Gasteiger charge is -2.05. The van der Waals surface area contributed by atoms with Crippen LogP contribution in [0, 0.1) is 25.2 Å². The van der Waals surface area contributed by atoms with Gasteiger partial charge in [-0.25, -0.2) is 4.98 Å². The van der Waals surface area contributed by atoms with Crippen LogP contribution in [0.15, 0.2) is 39.7 Å². The fourth-order valence-electron chi connectivity index (χ4n) is 2.84. The van der Waals surface area contributed by atoms with E-state index in [0.717, 1.165) is 16.0 Å². The van der Waals surface area contributed by atoms with Crippen LogP contribution in [-0.2, 0) is 17.1 Å². The fraction of sp³-hybridized carbons (Fsp3) is 0.200. The molecular formula is C20H16N6O2S3. The Morgan fingerprint density at radius 3 is 2.74 bits per heavy atom. The maximum Gasteiger partial charge on any atom is 0.262 e. The van der Waals surface area contributed by atoms with Crippen LogP contribution < -0.4 is 10.9 Å². The van der Waals surface area contributed by atoms with Gasteiger partial charge in [0.1, 0.15) is 11.4 Å². The van der Waals surface area contributed by atoms with Crippen molar-refractivity contribution in [3.05, 3.63) is 62.5 Å². The third-order valence-corrected chi connectivity index (χ3v) is 7.73. The van der Waals surface area contributed by atoms with Crippen LogP contribution in [0.5, 0.6) is 0 Å². The molecule has 3 aromatic heterocycles. The molecule has 0 saturated carbocycles. The fourth-order valence-corrected chi connectivity index (χ4v) is 5.55. The molecule has 0 aliphatic heterocycles. The van der Waals surface area contributed by atoms with Crippen molar-refractivity contribution in [2.45, 2.75) is 30.5 Å². The van der Waals surface area contributed by atoms with Gasteiger partial charge in [-0.1, -0.05) is 35.2 Å². The summed E-state index contributed by atoms with van der Waals surface area (Å²) in [5.41, 5.74) is 2.36. The zero-order valence-corrected chi connectivity index (χ0v) is 19.0. The highest BCUT2D eigenvalue weighted by Crippen LogP contribution is 2.28. The number of hydrogen-bond acceptors (Lipinski definition) is 9. The highest BCUT2D eigenvalue weighted by molar-refractivity contribution is 8.00. The molecule has 8 nitrogen and oxygen atoms in total. The number of rotatable bonds is 6. The van der Waals surface area contributed by atoms with Crippen LogP contribution in [0.2, 0.25) is 0 Å². The lowest BCUT2D eigenvalue weighted by Crippen LogP contribution is -2.27. The number of nitrogens with one attached hydrogen (secondary N) is 1. The third-order valence-electron chi connectivity index (χ3n) is 4.57. The molecule has 0 bridgehead atoms. The van der Waals surface area contributed by atoms with E-state index in [9.17, 15) is 9.59 Å². The first-order valence-corrected chi connectivity index (χ1v) is 11.8. The van der Waals surface area contributed by atoms with E-state index >= 15 is 0 Å². The monoisotopic (exact) mass is 468 g/mol. The van der Waals surface area contributed by atoms with E-state index in [0.29, 0.717) is 31.0 Å². The number of aromatic nitrogens is 4. The number of fused-ring (bicyclic) bond motifs is 1. The lowest BCUT2D eigenvalue weighted by atomic mass is 10.2. The van der Waals surface area contributed by atoms with Gasteiger partial charge in [0.05, 0.1) is 23.3 Å². The summed E-state index contributed by atoms with van der Waals surface area (Å²) in [5.74, 6) is 0.307. The zero-order chi connectivity index (χ0) is 22.0. The number of nitriles is 1. The second-order valence-electron chi connectivity index (χ2n) is 6.66. The highest BCUT2D eigenvalue weighted by Gasteiger charge is 2.15. The molecule has 1 N–H and O–H groups in total. The van der Waals surface area contributed by atoms with E-state index in [2.05, 4.69) is 26.6 Å². The van der Waals surface area contributed by atoms with Gasteiger partial charge < -0.3 is 0 Å². The first-order chi connectivity index (χ1) is 14.9. The van der Waals surface area contributed by atoms with E-state index < -0.39 is 0 Å². The minimum Gasteiger partial charge on any atom is -0.299 e. The Kier molecular flexibility index (Phi) is 6.13. The quantitative estimate of drug-likeness (QED) is 0.339. The van der Waals surface area contributed by atoms with Gasteiger partial charge in [0.25, 0.3) is 5.56 Å². The third kappa shape index (κ3) is 4.66. The average molecular weight is 469 g/mol. The molecule has 1 aromatic carbocycles. The Bertz CT molecular complexity index is 1360. The number of benzene rings is 1. The predicted octanol–water partition coefficient (Wildman–Crippen LogP) is 3.73. The standard InChI is InChI=1S/C20H16N6O2S3/c1-11-12(2)30-17-16(11)18(28)26(10-22-17)8-15(27)23-19-24-25-20(31-19)29-9-14-5-3-13(7-21)4-6-14/h3-6,10H,8-9H2,1-2H3,(H,23,24,27). The maximum absolute atomic E-state index is 12.7. The number of aryl methyl sites for hydroxylation is 2. The molecule has 156 valence electrons. The minimum absolute atomic E-state index is 0.149. The molecule has 0 fully saturated rings. The molecule has 1 amide bonds. The normalized spacial score (nSPS) is 10.9. The molecule has 3 heterocycles. The number of thiophene rings is 1. The largest absolute Gasteiger partial charge is 0.299 e. The van der Waals surface area contributed by atoms with Gasteiger partial charge in [0, 0.05) is 10.6 Å². The molecule has 0 unspecified atom stereocenters. The molecule has 0 spiro atoms. The van der Waals surface area contributed by atoms with Gasteiger partial charge in [-0.05, 0) is 37.1 Å². The Morgan fingerprint density at radius 2 is 2.00 bits per heavy atom. The van der Waals surface area contributed by atoms with Crippen molar-refractivity contribution in [2.24, 2.45) is 0 Å². The van der Waals surface area contributed by atoms with Crippen LogP contribution in [-0.4, -0.2) is 25.7 Å². The Labute approximate surface area is 189 Å². The van der Waals surface area contributed by atoms with Gasteiger partial charge in [-0.15, -0.1) is 21.5 Å². The van der Waals surface area contributed by atoms with Crippen molar-refractivity contribution >= 4 is 55.7 Å². The molecule has 11 heteroatoms. The molecule has 0 aliphatic carbocycles. The average Bonchev–Trinajstić information content (AvgIpc) is 3.33. The van der Waals surface area contributed by atoms with Gasteiger partial charge in [-0.2, -0.15) is 5.26 Å². The lowest BCUT2D eigenvalue weighted by molar-refractivity contribution is -0.116. The number of nitrogens with zero attached hydrogens (tertiary/aromatic N) is 5. The molecule has 4 aromatic rings. The Hall–Kier alpha value is -3.07. The van der Waals surface area contributed by atoms with Crippen molar-refractivity contribution in [1.82, 2.24) is 19.7 Å². The van der Waals surface area contributed by atoms with Gasteiger partial charge in [0.2, 0.25) is 11.0 Å². The molecule has 0 saturated heterocycles. The molecule has 0 atom stereocenters. The second kappa shape index (κ2) is 8.97. The molecule has 0 radical (unpaired) electrons. The van der Waals surface area contributed by atoms with Gasteiger partial charge in [0.15, 0.2) is 4.34 Å². The van der Waals surface area contributed by atoms with Crippen LogP contribution >= 0.6 is 34.4 Å². The van der Waals surface area contributed by atoms with Crippen LogP contribution in [0.4, 0.5) is 5.13 Å². The molecule has 31 heavy (non-hydrogen) atoms. The smallest absolute Gasteiger partial charge is 0.262 e. The summed E-state index contributed by atoms with van der Waals surface area (Å²) in [6.07, 6.45) is 1.40. The summed E-state index contributed by atoms with van der Waals surface area (Å²) < 4.78 is 2.02. The van der Waals surface area contributed by atoms with Crippen LogP contribution in [0.3, 0.4) is 0 Å². The highest BCUT2D eigenvalue weighted by atomic mass is 32.2. The number of thioether (sulfide) groups is 1. The molecule has 4 rings (SSSR count). The van der Waals surface area contributed by atoms with Crippen molar-refractivity contribution in [1.29, 1.82) is 5.26 Å². The predicted molar refractivity (Wildman–Crippen MR) is 123 cm³/mol. The van der Waals surface area contributed by atoms with E-state index in [1.807, 2.05) is 26.0 Å². The molecule has 0 aliphatic rings. The number of carbonyl (C=O) groups is 1. The van der Waals surface area contributed by atoms with E-state index in [1.165, 1.54) is 45.3 Å². The number of anilines is 1. The number of carbonyl (C=O) groups excluding carboxylic acids is 1. The minimum atomic E-state index is -0.368. The first-order valence-electron chi connectivity index (χ1n) is 9.15. The Balaban J connectivity index is 1.38. The van der Waals surface area contributed by atoms with Crippen LogP contribution in [0.1, 0.15) is 21.6 Å². The summed E-state index contributed by atoms with van der Waals surface area (Å²) in [6.45, 7) is 3.69. The summed E-state index contributed by atoms with van der Waals surface area (Å²) in [5, 5.41) is 20.6. The maximum atomic E-state index is 12.7. The SMILES string of the molecule is Cc1sc2ncn(CC(=O)Nc3nnc(SCc4ccc(C#N)cc4)s3)c(=O)c2c1C. The van der Waals surface area contributed by atoms with Gasteiger partial charge >= 0.3 is 0 Å². The van der Waals surface area contributed by atoms with E-state index in [1.54, 1.807) is 12.1 Å². The van der Waals surface area contributed by atoms with E-state index in [-0.39, 0.29) is 18.0 Å². The molecular weight excluding hydrogens is 452 g/mol. The van der Waals surface area contributed by atoms with Crippen molar-refractivity contribution < 1.29 is 4.79 Å². The number of amides is 1. The van der Waals surface area contributed by atoms with Crippen LogP contribution in [0.25, 0.3) is 10.2 Å². The summed E-state index contributed by atoms with van der Waals surface area (Å²) in [6, 6.07) is 9.43. The van der Waals surface area contributed by atoms with Crippen molar-refractivity contribution in [2.75, 3.05) is 5.32 Å². The Morgan fingerprint density at radius 1 is 1.23 bits per heavy atom. The van der Waals surface area contributed by atoms with Gasteiger partial charge in [-0.3, -0.25) is 19.5 Å². The zero-order valence-electron chi connectivity index (χ0n) is 16.6. The van der Waals surface area contributed by atoms with E-state index in [4.69, 9.17) is 5.26 Å². The van der Waals surface area contributed by atoms with Crippen molar-refractivity contribution in [3.63, 3.8) is 0 Å². The summed E-state index contributed by atoms with van der Waals surface area (Å²) in [7, 11) is 0. The summed E-state index contributed by atoms with van der Waals surface area (Å²) in [4.78, 5) is 31.2. The topological polar surface area (TPSA) is 114 Å². The van der Waals surface area contributed by atoms with Crippen molar-refractivity contribution in [3.8, 4) is 6.07 Å². The first kappa shape index (κ1) is 21.2. The summed E-state index contributed by atoms with van der Waals surface area (Å²) >= 11 is 4.23. The number of hydrogen-bond donors (Lipinski definition) is 1.